The second-order valence-corrected chi connectivity index (χ2v) is 5.18. The first kappa shape index (κ1) is 14.0. The van der Waals surface area contributed by atoms with Gasteiger partial charge in [-0.1, -0.05) is 0 Å². The van der Waals surface area contributed by atoms with Gasteiger partial charge in [0, 0.05) is 0 Å². The number of imide groups is 2. The van der Waals surface area contributed by atoms with Gasteiger partial charge >= 0.3 is 6.03 Å². The first-order chi connectivity index (χ1) is 9.28. The van der Waals surface area contributed by atoms with E-state index in [9.17, 15) is 14.4 Å². The van der Waals surface area contributed by atoms with Crippen molar-refractivity contribution in [1.29, 1.82) is 0 Å². The molecule has 4 amide bonds. The Morgan fingerprint density at radius 1 is 1.20 bits per heavy atom. The Morgan fingerprint density at radius 2 is 1.85 bits per heavy atom. The molecule has 0 atom stereocenters. The summed E-state index contributed by atoms with van der Waals surface area (Å²) in [4.78, 5) is 37.0. The fourth-order valence-corrected chi connectivity index (χ4v) is 2.00. The summed E-state index contributed by atoms with van der Waals surface area (Å²) in [5, 5.41) is 2.20. The Balaban J connectivity index is 2.48. The minimum absolute atomic E-state index is 0.439. The number of methoxy groups -OCH3 is 1. The van der Waals surface area contributed by atoms with Crippen LogP contribution in [0.15, 0.2) is 18.2 Å². The normalized spacial score (nSPS) is 18.0. The number of hydrogen-bond acceptors (Lipinski definition) is 4. The van der Waals surface area contributed by atoms with Crippen LogP contribution in [0.25, 0.3) is 0 Å². The van der Waals surface area contributed by atoms with Crippen molar-refractivity contribution in [3.05, 3.63) is 23.8 Å². The van der Waals surface area contributed by atoms with Gasteiger partial charge in [-0.2, -0.15) is 0 Å². The van der Waals surface area contributed by atoms with Gasteiger partial charge in [0.05, 0.1) is 12.8 Å². The van der Waals surface area contributed by atoms with E-state index in [-0.39, 0.29) is 0 Å². The first-order valence-electron chi connectivity index (χ1n) is 6.13. The third kappa shape index (κ3) is 2.03. The largest absolute Gasteiger partial charge is 0.497 e. The second kappa shape index (κ2) is 4.63. The summed E-state index contributed by atoms with van der Waals surface area (Å²) < 4.78 is 5.09. The molecular weight excluding hydrogens is 260 g/mol. The monoisotopic (exact) mass is 276 g/mol. The number of rotatable bonds is 2. The van der Waals surface area contributed by atoms with Crippen molar-refractivity contribution in [2.24, 2.45) is 5.41 Å². The third-order valence-corrected chi connectivity index (χ3v) is 3.37. The van der Waals surface area contributed by atoms with Gasteiger partial charge in [-0.25, -0.2) is 9.69 Å². The van der Waals surface area contributed by atoms with Gasteiger partial charge in [0.2, 0.25) is 11.8 Å². The molecule has 0 unspecified atom stereocenters. The highest BCUT2D eigenvalue weighted by Crippen LogP contribution is 2.31. The zero-order valence-electron chi connectivity index (χ0n) is 11.8. The molecule has 20 heavy (non-hydrogen) atoms. The van der Waals surface area contributed by atoms with E-state index in [0.29, 0.717) is 17.0 Å². The lowest BCUT2D eigenvalue weighted by Crippen LogP contribution is -2.62. The molecule has 1 heterocycles. The lowest BCUT2D eigenvalue weighted by molar-refractivity contribution is -0.140. The smallest absolute Gasteiger partial charge is 0.335 e. The van der Waals surface area contributed by atoms with Gasteiger partial charge in [0.25, 0.3) is 0 Å². The van der Waals surface area contributed by atoms with Crippen LogP contribution in [0.3, 0.4) is 0 Å². The Bertz CT molecular complexity index is 607. The Morgan fingerprint density at radius 3 is 2.40 bits per heavy atom. The van der Waals surface area contributed by atoms with E-state index in [1.54, 1.807) is 25.1 Å². The molecule has 6 nitrogen and oxygen atoms in total. The van der Waals surface area contributed by atoms with Crippen molar-refractivity contribution in [1.82, 2.24) is 5.32 Å². The first-order valence-corrected chi connectivity index (χ1v) is 6.13. The van der Waals surface area contributed by atoms with E-state index >= 15 is 0 Å². The summed E-state index contributed by atoms with van der Waals surface area (Å²) in [6, 6.07) is 4.27. The summed E-state index contributed by atoms with van der Waals surface area (Å²) in [5.74, 6) is -0.499. The standard InChI is InChI=1S/C14H16N2O4/c1-8-7-9(20-4)5-6-10(8)16-12(18)14(2,3)11(17)15-13(16)19/h5-7H,1-4H3,(H,15,17,19). The summed E-state index contributed by atoms with van der Waals surface area (Å²) >= 11 is 0. The summed E-state index contributed by atoms with van der Waals surface area (Å²) in [7, 11) is 1.54. The van der Waals surface area contributed by atoms with E-state index in [4.69, 9.17) is 4.74 Å². The van der Waals surface area contributed by atoms with Crippen molar-refractivity contribution in [3.63, 3.8) is 0 Å². The molecule has 1 aliphatic rings. The van der Waals surface area contributed by atoms with Crippen LogP contribution in [0.1, 0.15) is 19.4 Å². The van der Waals surface area contributed by atoms with Crippen LogP contribution in [-0.2, 0) is 9.59 Å². The van der Waals surface area contributed by atoms with Crippen LogP contribution in [0.5, 0.6) is 5.75 Å². The van der Waals surface area contributed by atoms with Gasteiger partial charge in [0.15, 0.2) is 0 Å². The number of nitrogens with zero attached hydrogens (tertiary/aromatic N) is 1. The third-order valence-electron chi connectivity index (χ3n) is 3.37. The topological polar surface area (TPSA) is 75.7 Å². The molecule has 106 valence electrons. The number of nitrogens with one attached hydrogen (secondary N) is 1. The number of carbonyl (C=O) groups excluding carboxylic acids is 3. The zero-order chi connectivity index (χ0) is 15.1. The minimum Gasteiger partial charge on any atom is -0.497 e. The zero-order valence-corrected chi connectivity index (χ0v) is 11.8. The lowest BCUT2D eigenvalue weighted by Gasteiger charge is -2.35. The maximum atomic E-state index is 12.4. The fraction of sp³-hybridized carbons (Fsp3) is 0.357. The molecule has 1 N–H and O–H groups in total. The van der Waals surface area contributed by atoms with Gasteiger partial charge in [-0.3, -0.25) is 14.9 Å². The average Bonchev–Trinajstić information content (AvgIpc) is 2.38. The lowest BCUT2D eigenvalue weighted by atomic mass is 9.88. The van der Waals surface area contributed by atoms with E-state index in [0.717, 1.165) is 4.90 Å². The van der Waals surface area contributed by atoms with Crippen molar-refractivity contribution < 1.29 is 19.1 Å². The maximum absolute atomic E-state index is 12.4. The van der Waals surface area contributed by atoms with Crippen molar-refractivity contribution in [2.45, 2.75) is 20.8 Å². The molecule has 1 aromatic carbocycles. The number of ether oxygens (including phenoxy) is 1. The Labute approximate surface area is 116 Å². The summed E-state index contributed by atoms with van der Waals surface area (Å²) in [6.45, 7) is 4.74. The van der Waals surface area contributed by atoms with Crippen LogP contribution in [0.2, 0.25) is 0 Å². The molecule has 1 fully saturated rings. The van der Waals surface area contributed by atoms with Crippen molar-refractivity contribution >= 4 is 23.5 Å². The Hall–Kier alpha value is -2.37. The second-order valence-electron chi connectivity index (χ2n) is 5.18. The molecule has 0 aromatic heterocycles. The van der Waals surface area contributed by atoms with Gasteiger partial charge < -0.3 is 4.74 Å². The Kier molecular flexibility index (Phi) is 3.25. The van der Waals surface area contributed by atoms with Gasteiger partial charge in [0.1, 0.15) is 11.2 Å². The fourth-order valence-electron chi connectivity index (χ4n) is 2.00. The number of benzene rings is 1. The predicted octanol–water partition coefficient (Wildman–Crippen LogP) is 1.61. The van der Waals surface area contributed by atoms with Gasteiger partial charge in [-0.15, -0.1) is 0 Å². The molecule has 0 aliphatic carbocycles. The number of barbiturate groups is 1. The molecule has 1 saturated heterocycles. The molecule has 6 heteroatoms. The van der Waals surface area contributed by atoms with E-state index in [2.05, 4.69) is 5.32 Å². The predicted molar refractivity (Wildman–Crippen MR) is 72.5 cm³/mol. The quantitative estimate of drug-likeness (QED) is 0.833. The molecule has 0 radical (unpaired) electrons. The van der Waals surface area contributed by atoms with Crippen molar-refractivity contribution in [3.8, 4) is 5.75 Å². The van der Waals surface area contributed by atoms with Crippen LogP contribution < -0.4 is 15.0 Å². The van der Waals surface area contributed by atoms with E-state index in [1.807, 2.05) is 0 Å². The number of hydrogen-bond donors (Lipinski definition) is 1. The summed E-state index contributed by atoms with van der Waals surface area (Å²) in [5.41, 5.74) is -0.132. The number of anilines is 1. The molecule has 0 spiro atoms. The highest BCUT2D eigenvalue weighted by molar-refractivity contribution is 6.29. The molecular formula is C14H16N2O4. The molecule has 1 aliphatic heterocycles. The van der Waals surface area contributed by atoms with Crippen LogP contribution in [0, 0.1) is 12.3 Å². The van der Waals surface area contributed by atoms with Gasteiger partial charge in [-0.05, 0) is 44.5 Å². The van der Waals surface area contributed by atoms with Crippen LogP contribution in [0.4, 0.5) is 10.5 Å². The number of urea groups is 1. The maximum Gasteiger partial charge on any atom is 0.335 e. The highest BCUT2D eigenvalue weighted by Gasteiger charge is 2.47. The molecule has 1 aromatic rings. The van der Waals surface area contributed by atoms with Crippen molar-refractivity contribution in [2.75, 3.05) is 12.0 Å². The molecule has 2 rings (SSSR count). The highest BCUT2D eigenvalue weighted by atomic mass is 16.5. The minimum atomic E-state index is -1.28. The molecule has 0 bridgehead atoms. The average molecular weight is 276 g/mol. The summed E-state index contributed by atoms with van der Waals surface area (Å²) in [6.07, 6.45) is 0. The van der Waals surface area contributed by atoms with E-state index in [1.165, 1.54) is 21.0 Å². The van der Waals surface area contributed by atoms with Crippen LogP contribution >= 0.6 is 0 Å². The SMILES string of the molecule is COc1ccc(N2C(=O)NC(=O)C(C)(C)C2=O)c(C)c1. The number of carbonyl (C=O) groups is 3. The number of amides is 4. The van der Waals surface area contributed by atoms with Crippen LogP contribution in [-0.4, -0.2) is 25.0 Å². The number of aryl methyl sites for hydroxylation is 1. The molecule has 0 saturated carbocycles. The van der Waals surface area contributed by atoms with E-state index < -0.39 is 23.3 Å².